The summed E-state index contributed by atoms with van der Waals surface area (Å²) in [5.41, 5.74) is 1.36. The molecule has 0 saturated carbocycles. The Hall–Kier alpha value is -3.28. The molecule has 0 aliphatic heterocycles. The van der Waals surface area contributed by atoms with Crippen molar-refractivity contribution in [3.05, 3.63) is 89.8 Å². The van der Waals surface area contributed by atoms with E-state index < -0.39 is 11.7 Å². The van der Waals surface area contributed by atoms with E-state index in [-0.39, 0.29) is 18.1 Å². The Morgan fingerprint density at radius 3 is 2.44 bits per heavy atom. The first-order valence-corrected chi connectivity index (χ1v) is 7.63. The Morgan fingerprint density at radius 1 is 0.960 bits per heavy atom. The SMILES string of the molecule is O=C(NCc1ccccc1F)c1cc(Nc2ccccc2F)ccn1. The lowest BCUT2D eigenvalue weighted by molar-refractivity contribution is 0.0945. The van der Waals surface area contributed by atoms with Crippen molar-refractivity contribution in [3.63, 3.8) is 0 Å². The Labute approximate surface area is 143 Å². The fraction of sp³-hybridized carbons (Fsp3) is 0.0526. The van der Waals surface area contributed by atoms with Crippen LogP contribution in [0.3, 0.4) is 0 Å². The van der Waals surface area contributed by atoms with E-state index in [0.717, 1.165) is 0 Å². The Kier molecular flexibility index (Phi) is 4.99. The van der Waals surface area contributed by atoms with Gasteiger partial charge < -0.3 is 10.6 Å². The summed E-state index contributed by atoms with van der Waals surface area (Å²) in [5, 5.41) is 5.51. The number of rotatable bonds is 5. The number of para-hydroxylation sites is 1. The molecule has 1 heterocycles. The van der Waals surface area contributed by atoms with Gasteiger partial charge in [-0.2, -0.15) is 0 Å². The average Bonchev–Trinajstić information content (AvgIpc) is 2.63. The summed E-state index contributed by atoms with van der Waals surface area (Å²) in [6, 6.07) is 15.6. The smallest absolute Gasteiger partial charge is 0.270 e. The maximum Gasteiger partial charge on any atom is 0.270 e. The maximum atomic E-state index is 13.7. The second-order valence-corrected chi connectivity index (χ2v) is 5.31. The molecule has 0 aliphatic carbocycles. The van der Waals surface area contributed by atoms with Gasteiger partial charge in [-0.05, 0) is 30.3 Å². The summed E-state index contributed by atoms with van der Waals surface area (Å²) in [7, 11) is 0. The number of carbonyl (C=O) groups is 1. The van der Waals surface area contributed by atoms with Crippen LogP contribution in [0.2, 0.25) is 0 Å². The first kappa shape index (κ1) is 16.6. The molecule has 0 atom stereocenters. The number of pyridine rings is 1. The van der Waals surface area contributed by atoms with E-state index >= 15 is 0 Å². The molecule has 3 rings (SSSR count). The third kappa shape index (κ3) is 4.17. The van der Waals surface area contributed by atoms with Crippen LogP contribution in [0.1, 0.15) is 16.1 Å². The van der Waals surface area contributed by atoms with Crippen LogP contribution in [0.5, 0.6) is 0 Å². The lowest BCUT2D eigenvalue weighted by Crippen LogP contribution is -2.24. The zero-order chi connectivity index (χ0) is 17.6. The van der Waals surface area contributed by atoms with Gasteiger partial charge in [-0.1, -0.05) is 30.3 Å². The van der Waals surface area contributed by atoms with Gasteiger partial charge in [0.05, 0.1) is 5.69 Å². The quantitative estimate of drug-likeness (QED) is 0.738. The van der Waals surface area contributed by atoms with Gasteiger partial charge >= 0.3 is 0 Å². The minimum absolute atomic E-state index is 0.0537. The van der Waals surface area contributed by atoms with E-state index in [0.29, 0.717) is 16.9 Å². The third-order valence-corrected chi connectivity index (χ3v) is 3.54. The summed E-state index contributed by atoms with van der Waals surface area (Å²) >= 11 is 0. The molecule has 2 N–H and O–H groups in total. The predicted molar refractivity (Wildman–Crippen MR) is 91.5 cm³/mol. The summed E-state index contributed by atoms with van der Waals surface area (Å²) in [5.74, 6) is -1.23. The zero-order valence-corrected chi connectivity index (χ0v) is 13.2. The van der Waals surface area contributed by atoms with Gasteiger partial charge in [0.1, 0.15) is 17.3 Å². The van der Waals surface area contributed by atoms with E-state index in [1.54, 1.807) is 42.5 Å². The molecule has 25 heavy (non-hydrogen) atoms. The molecule has 0 bridgehead atoms. The molecule has 0 fully saturated rings. The van der Waals surface area contributed by atoms with Crippen molar-refractivity contribution in [2.75, 3.05) is 5.32 Å². The van der Waals surface area contributed by atoms with Crippen LogP contribution in [-0.4, -0.2) is 10.9 Å². The number of nitrogens with one attached hydrogen (secondary N) is 2. The lowest BCUT2D eigenvalue weighted by atomic mass is 10.2. The molecule has 0 spiro atoms. The number of amides is 1. The van der Waals surface area contributed by atoms with Crippen LogP contribution in [0.25, 0.3) is 0 Å². The van der Waals surface area contributed by atoms with Crippen molar-refractivity contribution >= 4 is 17.3 Å². The van der Waals surface area contributed by atoms with Gasteiger partial charge in [0.2, 0.25) is 0 Å². The zero-order valence-electron chi connectivity index (χ0n) is 13.2. The van der Waals surface area contributed by atoms with E-state index in [1.165, 1.54) is 24.4 Å². The Balaban J connectivity index is 1.69. The molecule has 126 valence electrons. The average molecular weight is 339 g/mol. The standard InChI is InChI=1S/C19H15F2N3O/c20-15-6-2-1-5-13(15)12-23-19(25)18-11-14(9-10-22-18)24-17-8-4-3-7-16(17)21/h1-11H,12H2,(H,22,24)(H,23,25). The van der Waals surface area contributed by atoms with Crippen molar-refractivity contribution in [3.8, 4) is 0 Å². The molecule has 0 aliphatic rings. The monoisotopic (exact) mass is 339 g/mol. The molecule has 6 heteroatoms. The highest BCUT2D eigenvalue weighted by Crippen LogP contribution is 2.19. The molecule has 0 unspecified atom stereocenters. The van der Waals surface area contributed by atoms with Crippen LogP contribution >= 0.6 is 0 Å². The first-order valence-electron chi connectivity index (χ1n) is 7.63. The molecule has 1 amide bonds. The lowest BCUT2D eigenvalue weighted by Gasteiger charge is -2.09. The first-order chi connectivity index (χ1) is 12.1. The largest absolute Gasteiger partial charge is 0.353 e. The number of aromatic nitrogens is 1. The third-order valence-electron chi connectivity index (χ3n) is 3.54. The topological polar surface area (TPSA) is 54.0 Å². The number of anilines is 2. The van der Waals surface area contributed by atoms with E-state index in [2.05, 4.69) is 15.6 Å². The van der Waals surface area contributed by atoms with Crippen molar-refractivity contribution in [2.45, 2.75) is 6.54 Å². The molecule has 0 radical (unpaired) electrons. The highest BCUT2D eigenvalue weighted by molar-refractivity contribution is 5.93. The van der Waals surface area contributed by atoms with Crippen molar-refractivity contribution in [2.24, 2.45) is 0 Å². The second-order valence-electron chi connectivity index (χ2n) is 5.31. The summed E-state index contributed by atoms with van der Waals surface area (Å²) < 4.78 is 27.3. The number of hydrogen-bond donors (Lipinski definition) is 2. The van der Waals surface area contributed by atoms with Gasteiger partial charge in [-0.15, -0.1) is 0 Å². The normalized spacial score (nSPS) is 10.3. The highest BCUT2D eigenvalue weighted by atomic mass is 19.1. The fourth-order valence-corrected chi connectivity index (χ4v) is 2.26. The van der Waals surface area contributed by atoms with Crippen molar-refractivity contribution in [1.82, 2.24) is 10.3 Å². The van der Waals surface area contributed by atoms with Crippen molar-refractivity contribution < 1.29 is 13.6 Å². The summed E-state index contributed by atoms with van der Waals surface area (Å²) in [6.07, 6.45) is 1.45. The number of carbonyl (C=O) groups excluding carboxylic acids is 1. The summed E-state index contributed by atoms with van der Waals surface area (Å²) in [6.45, 7) is 0.0537. The minimum Gasteiger partial charge on any atom is -0.353 e. The van der Waals surface area contributed by atoms with Crippen LogP contribution in [-0.2, 0) is 6.54 Å². The van der Waals surface area contributed by atoms with E-state index in [1.807, 2.05) is 0 Å². The van der Waals surface area contributed by atoms with E-state index in [9.17, 15) is 13.6 Å². The molecule has 0 saturated heterocycles. The Morgan fingerprint density at radius 2 is 1.68 bits per heavy atom. The number of nitrogens with zero attached hydrogens (tertiary/aromatic N) is 1. The van der Waals surface area contributed by atoms with Crippen LogP contribution in [0, 0.1) is 11.6 Å². The van der Waals surface area contributed by atoms with Gasteiger partial charge in [0, 0.05) is 24.0 Å². The van der Waals surface area contributed by atoms with Gasteiger partial charge in [0.15, 0.2) is 0 Å². The van der Waals surface area contributed by atoms with Gasteiger partial charge in [-0.3, -0.25) is 9.78 Å². The predicted octanol–water partition coefficient (Wildman–Crippen LogP) is 4.03. The minimum atomic E-state index is -0.444. The molecule has 1 aromatic heterocycles. The highest BCUT2D eigenvalue weighted by Gasteiger charge is 2.10. The molecule has 4 nitrogen and oxygen atoms in total. The van der Waals surface area contributed by atoms with Crippen molar-refractivity contribution in [1.29, 1.82) is 0 Å². The summed E-state index contributed by atoms with van der Waals surface area (Å²) in [4.78, 5) is 16.2. The second kappa shape index (κ2) is 7.53. The van der Waals surface area contributed by atoms with E-state index in [4.69, 9.17) is 0 Å². The van der Waals surface area contributed by atoms with Crippen LogP contribution in [0.4, 0.5) is 20.2 Å². The molecule has 2 aromatic carbocycles. The fourth-order valence-electron chi connectivity index (χ4n) is 2.26. The number of hydrogen-bond acceptors (Lipinski definition) is 3. The van der Waals surface area contributed by atoms with Crippen LogP contribution < -0.4 is 10.6 Å². The molecular weight excluding hydrogens is 324 g/mol. The number of halogens is 2. The maximum absolute atomic E-state index is 13.7. The van der Waals surface area contributed by atoms with Crippen LogP contribution in [0.15, 0.2) is 66.9 Å². The molecular formula is C19H15F2N3O. The molecule has 3 aromatic rings. The van der Waals surface area contributed by atoms with Gasteiger partial charge in [0.25, 0.3) is 5.91 Å². The number of benzene rings is 2. The Bertz CT molecular complexity index is 899. The van der Waals surface area contributed by atoms with Gasteiger partial charge in [-0.25, -0.2) is 8.78 Å².